The van der Waals surface area contributed by atoms with Gasteiger partial charge in [-0.3, -0.25) is 0 Å². The number of pyridine rings is 1. The lowest BCUT2D eigenvalue weighted by Gasteiger charge is -2.09. The molecular weight excluding hydrogens is 349 g/mol. The van der Waals surface area contributed by atoms with E-state index in [0.29, 0.717) is 22.5 Å². The second-order valence-corrected chi connectivity index (χ2v) is 5.56. The summed E-state index contributed by atoms with van der Waals surface area (Å²) < 4.78 is 6.63. The number of hydrogen-bond donors (Lipinski definition) is 0. The number of hydrogen-bond acceptors (Lipinski definition) is 2. The fourth-order valence-corrected chi connectivity index (χ4v) is 2.47. The summed E-state index contributed by atoms with van der Waals surface area (Å²) >= 11 is 15.3. The fourth-order valence-electron chi connectivity index (χ4n) is 1.60. The Morgan fingerprint density at radius 3 is 2.68 bits per heavy atom. The Kier molecular flexibility index (Phi) is 5.08. The predicted molar refractivity (Wildman–Crippen MR) is 82.4 cm³/mol. The zero-order valence-corrected chi connectivity index (χ0v) is 13.4. The van der Waals surface area contributed by atoms with E-state index in [4.69, 9.17) is 27.9 Å². The predicted octanol–water partition coefficient (Wildman–Crippen LogP) is 5.59. The lowest BCUT2D eigenvalue weighted by atomic mass is 10.2. The van der Waals surface area contributed by atoms with Crippen LogP contribution in [0.5, 0.6) is 11.6 Å². The molecule has 0 N–H and O–H groups in total. The maximum absolute atomic E-state index is 6.12. The number of aryl methyl sites for hydroxylation is 1. The highest BCUT2D eigenvalue weighted by Crippen LogP contribution is 2.31. The first-order chi connectivity index (χ1) is 9.12. The molecule has 0 aliphatic rings. The number of rotatable bonds is 4. The Labute approximate surface area is 130 Å². The normalized spacial score (nSPS) is 10.5. The molecule has 2 aromatic rings. The molecule has 0 aliphatic heterocycles. The maximum Gasteiger partial charge on any atom is 0.219 e. The number of ether oxygens (including phenoxy) is 1. The van der Waals surface area contributed by atoms with E-state index in [1.165, 1.54) is 0 Å². The van der Waals surface area contributed by atoms with Crippen molar-refractivity contribution in [3.63, 3.8) is 0 Å². The van der Waals surface area contributed by atoms with E-state index in [1.54, 1.807) is 12.1 Å². The molecule has 0 saturated heterocycles. The van der Waals surface area contributed by atoms with Crippen LogP contribution in [0.1, 0.15) is 18.2 Å². The summed E-state index contributed by atoms with van der Waals surface area (Å²) in [7, 11) is 0. The second kappa shape index (κ2) is 6.60. The van der Waals surface area contributed by atoms with Crippen molar-refractivity contribution in [3.05, 3.63) is 51.1 Å². The van der Waals surface area contributed by atoms with E-state index < -0.39 is 0 Å². The molecule has 2 rings (SSSR count). The molecule has 0 bridgehead atoms. The van der Waals surface area contributed by atoms with Crippen molar-refractivity contribution >= 4 is 39.1 Å². The molecule has 0 spiro atoms. The number of nitrogens with zero attached hydrogens (tertiary/aromatic N) is 1. The summed E-state index contributed by atoms with van der Waals surface area (Å²) in [5.74, 6) is 1.52. The van der Waals surface area contributed by atoms with Gasteiger partial charge in [0.05, 0.1) is 5.02 Å². The van der Waals surface area contributed by atoms with Crippen molar-refractivity contribution < 1.29 is 4.74 Å². The van der Waals surface area contributed by atoms with Crippen molar-refractivity contribution in [3.8, 4) is 11.6 Å². The molecule has 0 fully saturated rings. The Bertz CT molecular complexity index is 567. The average Bonchev–Trinajstić information content (AvgIpc) is 2.41. The van der Waals surface area contributed by atoms with E-state index >= 15 is 0 Å². The van der Waals surface area contributed by atoms with Gasteiger partial charge in [0, 0.05) is 22.1 Å². The van der Waals surface area contributed by atoms with Gasteiger partial charge in [-0.1, -0.05) is 34.5 Å². The lowest BCUT2D eigenvalue weighted by Crippen LogP contribution is -1.95. The number of benzene rings is 1. The van der Waals surface area contributed by atoms with Crippen LogP contribution in [0, 0.1) is 0 Å². The van der Waals surface area contributed by atoms with Crippen molar-refractivity contribution in [2.75, 3.05) is 0 Å². The Balaban J connectivity index is 2.31. The third kappa shape index (κ3) is 3.85. The van der Waals surface area contributed by atoms with Gasteiger partial charge in [0.15, 0.2) is 0 Å². The minimum Gasteiger partial charge on any atom is -0.437 e. The molecule has 1 aromatic heterocycles. The van der Waals surface area contributed by atoms with Crippen LogP contribution in [-0.2, 0) is 12.3 Å². The standard InChI is InChI=1S/C14H12BrCl2NO/c1-2-11-5-9(8-16)6-14(18-11)19-13-4-3-10(15)7-12(13)17/h3-7H,2,8H2,1H3. The van der Waals surface area contributed by atoms with Gasteiger partial charge in [0.1, 0.15) is 5.75 Å². The molecule has 5 heteroatoms. The van der Waals surface area contributed by atoms with E-state index in [0.717, 1.165) is 22.2 Å². The molecule has 100 valence electrons. The van der Waals surface area contributed by atoms with E-state index in [2.05, 4.69) is 20.9 Å². The third-order valence-corrected chi connectivity index (χ3v) is 3.64. The summed E-state index contributed by atoms with van der Waals surface area (Å²) in [4.78, 5) is 4.41. The monoisotopic (exact) mass is 359 g/mol. The number of halogens is 3. The summed E-state index contributed by atoms with van der Waals surface area (Å²) in [5.41, 5.74) is 1.93. The first kappa shape index (κ1) is 14.6. The van der Waals surface area contributed by atoms with Crippen molar-refractivity contribution in [1.29, 1.82) is 0 Å². The van der Waals surface area contributed by atoms with Crippen molar-refractivity contribution in [2.45, 2.75) is 19.2 Å². The van der Waals surface area contributed by atoms with E-state index in [1.807, 2.05) is 25.1 Å². The zero-order chi connectivity index (χ0) is 13.8. The highest BCUT2D eigenvalue weighted by Gasteiger charge is 2.07. The van der Waals surface area contributed by atoms with Crippen LogP contribution in [0.2, 0.25) is 5.02 Å². The van der Waals surface area contributed by atoms with Crippen LogP contribution in [-0.4, -0.2) is 4.98 Å². The average molecular weight is 361 g/mol. The van der Waals surface area contributed by atoms with Crippen LogP contribution in [0.25, 0.3) is 0 Å². The van der Waals surface area contributed by atoms with Crippen LogP contribution in [0.15, 0.2) is 34.8 Å². The quantitative estimate of drug-likeness (QED) is 0.663. The van der Waals surface area contributed by atoms with Gasteiger partial charge in [0.2, 0.25) is 5.88 Å². The Hall–Kier alpha value is -0.770. The Morgan fingerprint density at radius 1 is 1.26 bits per heavy atom. The molecule has 1 heterocycles. The van der Waals surface area contributed by atoms with Crippen molar-refractivity contribution in [2.24, 2.45) is 0 Å². The number of aromatic nitrogens is 1. The molecule has 1 aromatic carbocycles. The topological polar surface area (TPSA) is 22.1 Å². The molecule has 0 amide bonds. The summed E-state index contributed by atoms with van der Waals surface area (Å²) in [6, 6.07) is 9.25. The molecule has 2 nitrogen and oxygen atoms in total. The van der Waals surface area contributed by atoms with Gasteiger partial charge in [0.25, 0.3) is 0 Å². The van der Waals surface area contributed by atoms with Gasteiger partial charge in [-0.2, -0.15) is 0 Å². The summed E-state index contributed by atoms with van der Waals surface area (Å²) in [6.07, 6.45) is 0.829. The molecule has 0 aliphatic carbocycles. The van der Waals surface area contributed by atoms with Crippen LogP contribution in [0.3, 0.4) is 0 Å². The second-order valence-electron chi connectivity index (χ2n) is 3.97. The number of alkyl halides is 1. The zero-order valence-electron chi connectivity index (χ0n) is 10.3. The molecule has 0 unspecified atom stereocenters. The molecular formula is C14H12BrCl2NO. The van der Waals surface area contributed by atoms with Gasteiger partial charge in [-0.05, 0) is 36.2 Å². The lowest BCUT2D eigenvalue weighted by molar-refractivity contribution is 0.460. The van der Waals surface area contributed by atoms with Crippen LogP contribution in [0.4, 0.5) is 0 Å². The van der Waals surface area contributed by atoms with Crippen LogP contribution < -0.4 is 4.74 Å². The minimum absolute atomic E-state index is 0.431. The summed E-state index contributed by atoms with van der Waals surface area (Å²) in [6.45, 7) is 2.04. The first-order valence-electron chi connectivity index (χ1n) is 5.81. The third-order valence-electron chi connectivity index (χ3n) is 2.54. The smallest absolute Gasteiger partial charge is 0.219 e. The summed E-state index contributed by atoms with van der Waals surface area (Å²) in [5, 5.41) is 0.533. The highest BCUT2D eigenvalue weighted by molar-refractivity contribution is 9.10. The highest BCUT2D eigenvalue weighted by atomic mass is 79.9. The molecule has 0 radical (unpaired) electrons. The molecule has 19 heavy (non-hydrogen) atoms. The Morgan fingerprint density at radius 2 is 2.05 bits per heavy atom. The van der Waals surface area contributed by atoms with Crippen LogP contribution >= 0.6 is 39.1 Å². The van der Waals surface area contributed by atoms with Gasteiger partial charge in [-0.25, -0.2) is 4.98 Å². The SMILES string of the molecule is CCc1cc(CCl)cc(Oc2ccc(Br)cc2Cl)n1. The van der Waals surface area contributed by atoms with Gasteiger partial charge < -0.3 is 4.74 Å². The van der Waals surface area contributed by atoms with E-state index in [9.17, 15) is 0 Å². The van der Waals surface area contributed by atoms with E-state index in [-0.39, 0.29) is 0 Å². The molecule has 0 saturated carbocycles. The van der Waals surface area contributed by atoms with Crippen molar-refractivity contribution in [1.82, 2.24) is 4.98 Å². The van der Waals surface area contributed by atoms with Gasteiger partial charge in [-0.15, -0.1) is 11.6 Å². The largest absolute Gasteiger partial charge is 0.437 e. The minimum atomic E-state index is 0.431. The molecule has 0 atom stereocenters. The fraction of sp³-hybridized carbons (Fsp3) is 0.214. The first-order valence-corrected chi connectivity index (χ1v) is 7.51. The maximum atomic E-state index is 6.12. The van der Waals surface area contributed by atoms with Gasteiger partial charge >= 0.3 is 0 Å².